The molecule has 0 aromatic carbocycles. The van der Waals surface area contributed by atoms with Crippen molar-refractivity contribution in [1.82, 2.24) is 9.88 Å². The number of nitrogens with one attached hydrogen (secondary N) is 1. The van der Waals surface area contributed by atoms with Gasteiger partial charge in [0.05, 0.1) is 6.04 Å². The largest absolute Gasteiger partial charge is 0.444 e. The van der Waals surface area contributed by atoms with Gasteiger partial charge in [0, 0.05) is 18.3 Å². The van der Waals surface area contributed by atoms with Crippen LogP contribution in [0.15, 0.2) is 17.1 Å². The molecule has 0 spiro atoms. The summed E-state index contributed by atoms with van der Waals surface area (Å²) in [6.07, 6.45) is 4.38. The SMILES string of the molecule is Cc1cc([C@H]2CCCCN2C(=O)OC(C)(C)C)c[nH]c1=O. The minimum atomic E-state index is -0.500. The molecular weight excluding hydrogens is 268 g/mol. The van der Waals surface area contributed by atoms with Gasteiger partial charge < -0.3 is 14.6 Å². The number of carbonyl (C=O) groups excluding carboxylic acids is 1. The molecule has 1 aromatic heterocycles. The minimum absolute atomic E-state index is 0.0239. The van der Waals surface area contributed by atoms with Crippen LogP contribution in [0.2, 0.25) is 0 Å². The van der Waals surface area contributed by atoms with E-state index in [9.17, 15) is 9.59 Å². The van der Waals surface area contributed by atoms with E-state index < -0.39 is 5.60 Å². The molecule has 2 rings (SSSR count). The Kier molecular flexibility index (Phi) is 4.40. The van der Waals surface area contributed by atoms with Crippen molar-refractivity contribution in [3.8, 4) is 0 Å². The van der Waals surface area contributed by atoms with Gasteiger partial charge in [-0.15, -0.1) is 0 Å². The minimum Gasteiger partial charge on any atom is -0.444 e. The monoisotopic (exact) mass is 292 g/mol. The van der Waals surface area contributed by atoms with Crippen LogP contribution in [0.5, 0.6) is 0 Å². The summed E-state index contributed by atoms with van der Waals surface area (Å²) >= 11 is 0. The number of piperidine rings is 1. The van der Waals surface area contributed by atoms with Crippen LogP contribution in [0, 0.1) is 6.92 Å². The van der Waals surface area contributed by atoms with E-state index in [1.165, 1.54) is 0 Å². The number of hydrogen-bond donors (Lipinski definition) is 1. The first kappa shape index (κ1) is 15.6. The molecule has 0 unspecified atom stereocenters. The van der Waals surface area contributed by atoms with Crippen LogP contribution in [-0.2, 0) is 4.74 Å². The Morgan fingerprint density at radius 1 is 1.38 bits per heavy atom. The quantitative estimate of drug-likeness (QED) is 0.865. The number of amides is 1. The van der Waals surface area contributed by atoms with E-state index in [1.807, 2.05) is 26.8 Å². The Morgan fingerprint density at radius 3 is 2.71 bits per heavy atom. The summed E-state index contributed by atoms with van der Waals surface area (Å²) in [4.78, 5) is 28.4. The van der Waals surface area contributed by atoms with Gasteiger partial charge in [0.2, 0.25) is 0 Å². The van der Waals surface area contributed by atoms with Gasteiger partial charge in [-0.3, -0.25) is 4.79 Å². The molecule has 1 aliphatic rings. The van der Waals surface area contributed by atoms with E-state index in [1.54, 1.807) is 18.0 Å². The maximum Gasteiger partial charge on any atom is 0.410 e. The summed E-state index contributed by atoms with van der Waals surface area (Å²) in [6.45, 7) is 8.08. The Bertz CT molecular complexity index is 572. The van der Waals surface area contributed by atoms with Crippen LogP contribution in [0.25, 0.3) is 0 Å². The van der Waals surface area contributed by atoms with Crippen LogP contribution >= 0.6 is 0 Å². The van der Waals surface area contributed by atoms with Gasteiger partial charge >= 0.3 is 6.09 Å². The second-order valence-corrected chi connectivity index (χ2v) is 6.63. The van der Waals surface area contributed by atoms with Crippen LogP contribution in [0.1, 0.15) is 57.2 Å². The van der Waals surface area contributed by atoms with Crippen molar-refractivity contribution in [2.45, 2.75) is 58.6 Å². The van der Waals surface area contributed by atoms with Gasteiger partial charge in [-0.25, -0.2) is 4.79 Å². The molecular formula is C16H24N2O3. The van der Waals surface area contributed by atoms with E-state index in [-0.39, 0.29) is 17.7 Å². The molecule has 0 aliphatic carbocycles. The number of carbonyl (C=O) groups is 1. The molecule has 2 heterocycles. The van der Waals surface area contributed by atoms with Crippen molar-refractivity contribution in [1.29, 1.82) is 0 Å². The third-order valence-corrected chi connectivity index (χ3v) is 3.63. The van der Waals surface area contributed by atoms with Crippen LogP contribution in [0.4, 0.5) is 4.79 Å². The number of aromatic nitrogens is 1. The molecule has 1 amide bonds. The predicted molar refractivity (Wildman–Crippen MR) is 81.3 cm³/mol. The van der Waals surface area contributed by atoms with Crippen LogP contribution < -0.4 is 5.56 Å². The molecule has 1 saturated heterocycles. The number of rotatable bonds is 1. The van der Waals surface area contributed by atoms with E-state index in [2.05, 4.69) is 4.98 Å². The fourth-order valence-electron chi connectivity index (χ4n) is 2.63. The predicted octanol–water partition coefficient (Wildman–Crippen LogP) is 3.15. The van der Waals surface area contributed by atoms with E-state index in [0.29, 0.717) is 12.1 Å². The van der Waals surface area contributed by atoms with Crippen molar-refractivity contribution >= 4 is 6.09 Å². The molecule has 0 bridgehead atoms. The van der Waals surface area contributed by atoms with Gasteiger partial charge in [0.25, 0.3) is 5.56 Å². The maximum absolute atomic E-state index is 12.4. The highest BCUT2D eigenvalue weighted by atomic mass is 16.6. The molecule has 1 fully saturated rings. The molecule has 1 aliphatic heterocycles. The standard InChI is InChI=1S/C16H24N2O3/c1-11-9-12(10-17-14(11)19)13-7-5-6-8-18(13)15(20)21-16(2,3)4/h9-10,13H,5-8H2,1-4H3,(H,17,19)/t13-/m1/s1. The third kappa shape index (κ3) is 3.86. The van der Waals surface area contributed by atoms with Crippen molar-refractivity contribution in [2.75, 3.05) is 6.54 Å². The van der Waals surface area contributed by atoms with Gasteiger partial charge in [0.15, 0.2) is 0 Å². The van der Waals surface area contributed by atoms with Gasteiger partial charge in [-0.05, 0) is 58.6 Å². The number of ether oxygens (including phenoxy) is 1. The summed E-state index contributed by atoms with van der Waals surface area (Å²) in [5.74, 6) is 0. The van der Waals surface area contributed by atoms with Crippen molar-refractivity contribution in [3.05, 3.63) is 33.7 Å². The molecule has 0 saturated carbocycles. The Labute approximate surface area is 125 Å². The van der Waals surface area contributed by atoms with Crippen molar-refractivity contribution < 1.29 is 9.53 Å². The summed E-state index contributed by atoms with van der Waals surface area (Å²) < 4.78 is 5.50. The molecule has 116 valence electrons. The smallest absolute Gasteiger partial charge is 0.410 e. The summed E-state index contributed by atoms with van der Waals surface area (Å²) in [5, 5.41) is 0. The normalized spacial score (nSPS) is 19.4. The summed E-state index contributed by atoms with van der Waals surface area (Å²) in [5.41, 5.74) is 1.05. The maximum atomic E-state index is 12.4. The fraction of sp³-hybridized carbons (Fsp3) is 0.625. The molecule has 0 radical (unpaired) electrons. The van der Waals surface area contributed by atoms with E-state index >= 15 is 0 Å². The zero-order valence-electron chi connectivity index (χ0n) is 13.2. The number of likely N-dealkylation sites (tertiary alicyclic amines) is 1. The lowest BCUT2D eigenvalue weighted by Gasteiger charge is -2.37. The first-order valence-electron chi connectivity index (χ1n) is 7.47. The Balaban J connectivity index is 2.24. The highest BCUT2D eigenvalue weighted by molar-refractivity contribution is 5.69. The number of nitrogens with zero attached hydrogens (tertiary/aromatic N) is 1. The zero-order valence-corrected chi connectivity index (χ0v) is 13.2. The lowest BCUT2D eigenvalue weighted by atomic mass is 9.96. The Hall–Kier alpha value is -1.78. The molecule has 5 heteroatoms. The topological polar surface area (TPSA) is 62.4 Å². The highest BCUT2D eigenvalue weighted by Gasteiger charge is 2.31. The van der Waals surface area contributed by atoms with E-state index in [0.717, 1.165) is 24.8 Å². The lowest BCUT2D eigenvalue weighted by Crippen LogP contribution is -2.42. The molecule has 1 atom stereocenters. The fourth-order valence-corrected chi connectivity index (χ4v) is 2.63. The first-order chi connectivity index (χ1) is 9.78. The average Bonchev–Trinajstić information content (AvgIpc) is 2.40. The van der Waals surface area contributed by atoms with Gasteiger partial charge in [-0.2, -0.15) is 0 Å². The summed E-state index contributed by atoms with van der Waals surface area (Å²) in [7, 11) is 0. The summed E-state index contributed by atoms with van der Waals surface area (Å²) in [6, 6.07) is 1.84. The molecule has 5 nitrogen and oxygen atoms in total. The van der Waals surface area contributed by atoms with Crippen molar-refractivity contribution in [3.63, 3.8) is 0 Å². The molecule has 1 N–H and O–H groups in total. The van der Waals surface area contributed by atoms with Crippen LogP contribution in [0.3, 0.4) is 0 Å². The average molecular weight is 292 g/mol. The van der Waals surface area contributed by atoms with Crippen LogP contribution in [-0.4, -0.2) is 28.1 Å². The van der Waals surface area contributed by atoms with Gasteiger partial charge in [0.1, 0.15) is 5.60 Å². The zero-order chi connectivity index (χ0) is 15.6. The molecule has 21 heavy (non-hydrogen) atoms. The second-order valence-electron chi connectivity index (χ2n) is 6.63. The lowest BCUT2D eigenvalue weighted by molar-refractivity contribution is 0.00947. The number of hydrogen-bond acceptors (Lipinski definition) is 3. The first-order valence-corrected chi connectivity index (χ1v) is 7.47. The van der Waals surface area contributed by atoms with Gasteiger partial charge in [-0.1, -0.05) is 0 Å². The number of pyridine rings is 1. The Morgan fingerprint density at radius 2 is 2.10 bits per heavy atom. The number of aromatic amines is 1. The second kappa shape index (κ2) is 5.92. The third-order valence-electron chi connectivity index (χ3n) is 3.63. The number of H-pyrrole nitrogens is 1. The van der Waals surface area contributed by atoms with Crippen molar-refractivity contribution in [2.24, 2.45) is 0 Å². The highest BCUT2D eigenvalue weighted by Crippen LogP contribution is 2.31. The molecule has 1 aromatic rings. The van der Waals surface area contributed by atoms with E-state index in [4.69, 9.17) is 4.74 Å². The number of aryl methyl sites for hydroxylation is 1.